The molecule has 0 radical (unpaired) electrons. The van der Waals surface area contributed by atoms with Crippen LogP contribution in [0.1, 0.15) is 12.2 Å². The number of hydrogen-bond donors (Lipinski definition) is 0. The molecule has 0 aliphatic carbocycles. The molecule has 0 bridgehead atoms. The molecule has 15 heavy (non-hydrogen) atoms. The molecule has 1 aliphatic heterocycles. The number of anilines is 1. The minimum absolute atomic E-state index is 0.109. The molecular formula is C9H10BrF2N3. The Kier molecular flexibility index (Phi) is 2.62. The van der Waals surface area contributed by atoms with E-state index in [0.717, 1.165) is 0 Å². The number of alkyl halides is 2. The lowest BCUT2D eigenvalue weighted by atomic mass is 10.3. The van der Waals surface area contributed by atoms with Crippen molar-refractivity contribution in [1.82, 2.24) is 9.97 Å². The normalized spacial score (nSPS) is 19.6. The van der Waals surface area contributed by atoms with Gasteiger partial charge in [-0.2, -0.15) is 0 Å². The molecular weight excluding hydrogens is 268 g/mol. The topological polar surface area (TPSA) is 29.0 Å². The highest BCUT2D eigenvalue weighted by Crippen LogP contribution is 2.32. The minimum Gasteiger partial charge on any atom is -0.349 e. The van der Waals surface area contributed by atoms with Crippen molar-refractivity contribution in [3.05, 3.63) is 16.5 Å². The molecule has 1 aliphatic rings. The number of aromatic nitrogens is 2. The first kappa shape index (κ1) is 10.7. The van der Waals surface area contributed by atoms with E-state index in [2.05, 4.69) is 25.9 Å². The zero-order valence-corrected chi connectivity index (χ0v) is 9.76. The van der Waals surface area contributed by atoms with Crippen molar-refractivity contribution in [1.29, 1.82) is 0 Å². The summed E-state index contributed by atoms with van der Waals surface area (Å²) in [6.07, 6.45) is 1.48. The lowest BCUT2D eigenvalue weighted by Crippen LogP contribution is -2.26. The molecule has 2 heterocycles. The van der Waals surface area contributed by atoms with E-state index in [-0.39, 0.29) is 13.0 Å². The van der Waals surface area contributed by atoms with Crippen LogP contribution < -0.4 is 4.90 Å². The highest BCUT2D eigenvalue weighted by atomic mass is 79.9. The lowest BCUT2D eigenvalue weighted by molar-refractivity contribution is 0.0256. The average molecular weight is 278 g/mol. The number of nitrogens with zero attached hydrogens (tertiary/aromatic N) is 3. The summed E-state index contributed by atoms with van der Waals surface area (Å²) in [6, 6.07) is 0. The fourth-order valence-electron chi connectivity index (χ4n) is 1.58. The van der Waals surface area contributed by atoms with E-state index in [1.54, 1.807) is 18.0 Å². The Bertz CT molecular complexity index is 384. The first-order valence-electron chi connectivity index (χ1n) is 4.60. The molecule has 0 amide bonds. The van der Waals surface area contributed by atoms with Crippen molar-refractivity contribution < 1.29 is 8.78 Å². The number of hydrogen-bond acceptors (Lipinski definition) is 3. The molecule has 6 heteroatoms. The Morgan fingerprint density at radius 1 is 1.53 bits per heavy atom. The summed E-state index contributed by atoms with van der Waals surface area (Å²) in [6.45, 7) is 1.81. The molecule has 1 saturated heterocycles. The maximum absolute atomic E-state index is 13.0. The molecule has 0 atom stereocenters. The van der Waals surface area contributed by atoms with Gasteiger partial charge in [0.15, 0.2) is 0 Å². The summed E-state index contributed by atoms with van der Waals surface area (Å²) in [4.78, 5) is 9.71. The molecule has 3 nitrogen and oxygen atoms in total. The van der Waals surface area contributed by atoms with Crippen molar-refractivity contribution in [2.75, 3.05) is 18.0 Å². The summed E-state index contributed by atoms with van der Waals surface area (Å²) < 4.78 is 26.7. The van der Waals surface area contributed by atoms with Gasteiger partial charge in [0.25, 0.3) is 5.92 Å². The maximum Gasteiger partial charge on any atom is 0.266 e. The van der Waals surface area contributed by atoms with Gasteiger partial charge in [-0.15, -0.1) is 0 Å². The second-order valence-corrected chi connectivity index (χ2v) is 4.47. The maximum atomic E-state index is 13.0. The molecule has 0 unspecified atom stereocenters. The SMILES string of the molecule is Cc1ncc(Br)c(N2CCC(F)(F)C2)n1. The third-order valence-corrected chi connectivity index (χ3v) is 2.87. The summed E-state index contributed by atoms with van der Waals surface area (Å²) in [5, 5.41) is 0. The zero-order valence-electron chi connectivity index (χ0n) is 8.17. The van der Waals surface area contributed by atoms with Crippen LogP contribution in [0.5, 0.6) is 0 Å². The van der Waals surface area contributed by atoms with Crippen LogP contribution in [0.15, 0.2) is 10.7 Å². The van der Waals surface area contributed by atoms with Crippen LogP contribution in [-0.4, -0.2) is 29.0 Å². The first-order valence-corrected chi connectivity index (χ1v) is 5.39. The van der Waals surface area contributed by atoms with Crippen molar-refractivity contribution in [2.45, 2.75) is 19.3 Å². The van der Waals surface area contributed by atoms with Gasteiger partial charge >= 0.3 is 0 Å². The van der Waals surface area contributed by atoms with Crippen LogP contribution >= 0.6 is 15.9 Å². The van der Waals surface area contributed by atoms with Crippen LogP contribution in [-0.2, 0) is 0 Å². The quantitative estimate of drug-likeness (QED) is 0.789. The number of halogens is 3. The lowest BCUT2D eigenvalue weighted by Gasteiger charge is -2.18. The van der Waals surface area contributed by atoms with Crippen LogP contribution in [0.3, 0.4) is 0 Å². The van der Waals surface area contributed by atoms with Crippen molar-refractivity contribution in [2.24, 2.45) is 0 Å². The zero-order chi connectivity index (χ0) is 11.1. The van der Waals surface area contributed by atoms with Crippen LogP contribution in [0, 0.1) is 6.92 Å². The van der Waals surface area contributed by atoms with Gasteiger partial charge in [0.05, 0.1) is 11.0 Å². The molecule has 82 valence electrons. The predicted octanol–water partition coefficient (Wildman–Crippen LogP) is 2.39. The van der Waals surface area contributed by atoms with Gasteiger partial charge in [0.1, 0.15) is 11.6 Å². The van der Waals surface area contributed by atoms with Crippen LogP contribution in [0.2, 0.25) is 0 Å². The predicted molar refractivity (Wildman–Crippen MR) is 56.2 cm³/mol. The molecule has 2 rings (SSSR count). The minimum atomic E-state index is -2.60. The van der Waals surface area contributed by atoms with E-state index >= 15 is 0 Å². The number of rotatable bonds is 1. The smallest absolute Gasteiger partial charge is 0.266 e. The molecule has 0 spiro atoms. The standard InChI is InChI=1S/C9H10BrF2N3/c1-6-13-4-7(10)8(14-6)15-3-2-9(11,12)5-15/h4H,2-3,5H2,1H3. The van der Waals surface area contributed by atoms with Gasteiger partial charge in [0.2, 0.25) is 0 Å². The molecule has 0 saturated carbocycles. The van der Waals surface area contributed by atoms with Crippen molar-refractivity contribution >= 4 is 21.7 Å². The van der Waals surface area contributed by atoms with E-state index in [0.29, 0.717) is 22.7 Å². The van der Waals surface area contributed by atoms with Crippen molar-refractivity contribution in [3.63, 3.8) is 0 Å². The largest absolute Gasteiger partial charge is 0.349 e. The fourth-order valence-corrected chi connectivity index (χ4v) is 2.02. The molecule has 0 aromatic carbocycles. The summed E-state index contributed by atoms with van der Waals surface area (Å²) >= 11 is 3.27. The summed E-state index contributed by atoms with van der Waals surface area (Å²) in [7, 11) is 0. The van der Waals surface area contributed by atoms with E-state index in [4.69, 9.17) is 0 Å². The Labute approximate surface area is 94.6 Å². The average Bonchev–Trinajstić information content (AvgIpc) is 2.50. The van der Waals surface area contributed by atoms with E-state index in [9.17, 15) is 8.78 Å². The highest BCUT2D eigenvalue weighted by Gasteiger charge is 2.39. The molecule has 1 aromatic rings. The molecule has 0 N–H and O–H groups in total. The van der Waals surface area contributed by atoms with Gasteiger partial charge in [-0.25, -0.2) is 18.7 Å². The van der Waals surface area contributed by atoms with Gasteiger partial charge in [-0.3, -0.25) is 0 Å². The monoisotopic (exact) mass is 277 g/mol. The molecule has 1 aromatic heterocycles. The van der Waals surface area contributed by atoms with Crippen molar-refractivity contribution in [3.8, 4) is 0 Å². The highest BCUT2D eigenvalue weighted by molar-refractivity contribution is 9.10. The Hall–Kier alpha value is -0.780. The van der Waals surface area contributed by atoms with E-state index < -0.39 is 5.92 Å². The summed E-state index contributed by atoms with van der Waals surface area (Å²) in [5.74, 6) is -1.46. The first-order chi connectivity index (χ1) is 6.98. The Morgan fingerprint density at radius 3 is 2.87 bits per heavy atom. The second kappa shape index (κ2) is 3.66. The van der Waals surface area contributed by atoms with Crippen LogP contribution in [0.25, 0.3) is 0 Å². The van der Waals surface area contributed by atoms with Gasteiger partial charge in [0, 0.05) is 19.2 Å². The number of aryl methyl sites for hydroxylation is 1. The fraction of sp³-hybridized carbons (Fsp3) is 0.556. The Morgan fingerprint density at radius 2 is 2.27 bits per heavy atom. The van der Waals surface area contributed by atoms with Gasteiger partial charge in [-0.1, -0.05) is 0 Å². The van der Waals surface area contributed by atoms with Crippen LogP contribution in [0.4, 0.5) is 14.6 Å². The summed E-state index contributed by atoms with van der Waals surface area (Å²) in [5.41, 5.74) is 0. The Balaban J connectivity index is 2.27. The third-order valence-electron chi connectivity index (χ3n) is 2.32. The van der Waals surface area contributed by atoms with Gasteiger partial charge in [-0.05, 0) is 22.9 Å². The third kappa shape index (κ3) is 2.25. The van der Waals surface area contributed by atoms with E-state index in [1.807, 2.05) is 0 Å². The molecule has 1 fully saturated rings. The van der Waals surface area contributed by atoms with Gasteiger partial charge < -0.3 is 4.90 Å². The second-order valence-electron chi connectivity index (χ2n) is 3.62. The van der Waals surface area contributed by atoms with E-state index in [1.165, 1.54) is 0 Å².